The summed E-state index contributed by atoms with van der Waals surface area (Å²) in [7, 11) is -0.705. The summed E-state index contributed by atoms with van der Waals surface area (Å²) >= 11 is 0. The van der Waals surface area contributed by atoms with Crippen molar-refractivity contribution < 1.29 is 4.21 Å². The molecule has 0 radical (unpaired) electrons. The summed E-state index contributed by atoms with van der Waals surface area (Å²) in [6.45, 7) is 5.72. The quantitative estimate of drug-likeness (QED) is 0.747. The van der Waals surface area contributed by atoms with Gasteiger partial charge in [-0.1, -0.05) is 13.8 Å². The van der Waals surface area contributed by atoms with Gasteiger partial charge in [0.15, 0.2) is 0 Å². The Labute approximate surface area is 106 Å². The first-order valence-electron chi connectivity index (χ1n) is 6.05. The van der Waals surface area contributed by atoms with Gasteiger partial charge in [-0.2, -0.15) is 0 Å². The lowest BCUT2D eigenvalue weighted by Crippen LogP contribution is -2.12. The predicted octanol–water partition coefficient (Wildman–Crippen LogP) is 2.08. The molecule has 0 aromatic carbocycles. The molecule has 1 heterocycles. The summed E-state index contributed by atoms with van der Waals surface area (Å²) in [5.74, 6) is 2.30. The zero-order valence-corrected chi connectivity index (χ0v) is 11.3. The minimum absolute atomic E-state index is 0.691. The molecule has 0 bridgehead atoms. The first kappa shape index (κ1) is 14.0. The molecule has 1 atom stereocenters. The third kappa shape index (κ3) is 5.68. The number of hydrogen-bond donors (Lipinski definition) is 2. The van der Waals surface area contributed by atoms with E-state index in [2.05, 4.69) is 22.5 Å². The molecular weight excluding hydrogens is 234 g/mol. The highest BCUT2D eigenvalue weighted by Crippen LogP contribution is 2.11. The highest BCUT2D eigenvalue weighted by molar-refractivity contribution is 7.84. The van der Waals surface area contributed by atoms with Crippen molar-refractivity contribution in [2.75, 3.05) is 35.2 Å². The van der Waals surface area contributed by atoms with Gasteiger partial charge in [-0.05, 0) is 12.5 Å². The van der Waals surface area contributed by atoms with Crippen LogP contribution in [-0.2, 0) is 10.8 Å². The van der Waals surface area contributed by atoms with Crippen LogP contribution in [0.15, 0.2) is 18.3 Å². The Kier molecular flexibility index (Phi) is 6.62. The summed E-state index contributed by atoms with van der Waals surface area (Å²) < 4.78 is 11.3. The average molecular weight is 255 g/mol. The largest absolute Gasteiger partial charge is 0.384 e. The molecular formula is C12H21N3OS. The third-order valence-electron chi connectivity index (χ3n) is 2.30. The highest BCUT2D eigenvalue weighted by atomic mass is 32.2. The monoisotopic (exact) mass is 255 g/mol. The van der Waals surface area contributed by atoms with E-state index in [1.807, 2.05) is 19.1 Å². The van der Waals surface area contributed by atoms with Gasteiger partial charge in [0.2, 0.25) is 0 Å². The molecule has 0 aliphatic heterocycles. The fourth-order valence-electron chi connectivity index (χ4n) is 1.34. The molecule has 2 N–H and O–H groups in total. The molecule has 0 spiro atoms. The molecule has 1 rings (SSSR count). The lowest BCUT2D eigenvalue weighted by atomic mass is 10.3. The molecule has 0 saturated carbocycles. The second kappa shape index (κ2) is 8.06. The van der Waals surface area contributed by atoms with E-state index in [-0.39, 0.29) is 0 Å². The van der Waals surface area contributed by atoms with Crippen LogP contribution >= 0.6 is 0 Å². The molecule has 96 valence electrons. The number of aromatic nitrogens is 1. The van der Waals surface area contributed by atoms with Gasteiger partial charge in [0.25, 0.3) is 0 Å². The van der Waals surface area contributed by atoms with Crippen LogP contribution in [0.3, 0.4) is 0 Å². The van der Waals surface area contributed by atoms with E-state index in [9.17, 15) is 4.21 Å². The summed E-state index contributed by atoms with van der Waals surface area (Å²) in [6.07, 6.45) is 2.85. The Morgan fingerprint density at radius 3 is 2.82 bits per heavy atom. The summed E-state index contributed by atoms with van der Waals surface area (Å²) in [5.41, 5.74) is 1.02. The number of nitrogens with zero attached hydrogens (tertiary/aromatic N) is 1. The summed E-state index contributed by atoms with van der Waals surface area (Å²) in [6, 6.07) is 3.90. The number of nitrogens with one attached hydrogen (secondary N) is 2. The van der Waals surface area contributed by atoms with Gasteiger partial charge in [0.1, 0.15) is 5.82 Å². The van der Waals surface area contributed by atoms with Crippen molar-refractivity contribution in [3.05, 3.63) is 18.3 Å². The van der Waals surface area contributed by atoms with E-state index < -0.39 is 10.8 Å². The van der Waals surface area contributed by atoms with Gasteiger partial charge < -0.3 is 10.6 Å². The molecule has 1 aromatic heterocycles. The normalized spacial score (nSPS) is 12.1. The fourth-order valence-corrected chi connectivity index (χ4v) is 1.96. The predicted molar refractivity (Wildman–Crippen MR) is 75.1 cm³/mol. The van der Waals surface area contributed by atoms with Crippen molar-refractivity contribution in [2.24, 2.45) is 0 Å². The first-order valence-corrected chi connectivity index (χ1v) is 7.53. The SMILES string of the molecule is CCCNc1cc(NCCS(=O)CC)ccn1. The fraction of sp³-hybridized carbons (Fsp3) is 0.583. The van der Waals surface area contributed by atoms with E-state index in [1.54, 1.807) is 6.20 Å². The zero-order valence-electron chi connectivity index (χ0n) is 10.5. The molecule has 0 saturated heterocycles. The van der Waals surface area contributed by atoms with Crippen LogP contribution < -0.4 is 10.6 Å². The smallest absolute Gasteiger partial charge is 0.127 e. The lowest BCUT2D eigenvalue weighted by molar-refractivity contribution is 0.684. The van der Waals surface area contributed by atoms with E-state index in [1.165, 1.54) is 0 Å². The number of anilines is 2. The third-order valence-corrected chi connectivity index (χ3v) is 3.60. The van der Waals surface area contributed by atoms with Crippen molar-refractivity contribution in [2.45, 2.75) is 20.3 Å². The van der Waals surface area contributed by atoms with Gasteiger partial charge >= 0.3 is 0 Å². The Hall–Kier alpha value is -1.10. The number of rotatable bonds is 8. The van der Waals surface area contributed by atoms with Crippen LogP contribution in [0.25, 0.3) is 0 Å². The molecule has 4 nitrogen and oxygen atoms in total. The second-order valence-corrected chi connectivity index (χ2v) is 5.58. The number of hydrogen-bond acceptors (Lipinski definition) is 4. The van der Waals surface area contributed by atoms with Crippen LogP contribution in [0.5, 0.6) is 0 Å². The molecule has 1 aromatic rings. The standard InChI is InChI=1S/C12H21N3OS/c1-3-6-14-12-10-11(5-7-15-12)13-8-9-17(16)4-2/h5,7,10H,3-4,6,8-9H2,1-2H3,(H2,13,14,15). The molecule has 17 heavy (non-hydrogen) atoms. The van der Waals surface area contributed by atoms with Crippen LogP contribution in [-0.4, -0.2) is 33.8 Å². The van der Waals surface area contributed by atoms with Gasteiger partial charge in [-0.25, -0.2) is 4.98 Å². The van der Waals surface area contributed by atoms with Crippen molar-refractivity contribution in [1.29, 1.82) is 0 Å². The van der Waals surface area contributed by atoms with Gasteiger partial charge in [-0.3, -0.25) is 4.21 Å². The highest BCUT2D eigenvalue weighted by Gasteiger charge is 1.98. The second-order valence-electron chi connectivity index (χ2n) is 3.72. The Morgan fingerprint density at radius 2 is 2.12 bits per heavy atom. The number of pyridine rings is 1. The van der Waals surface area contributed by atoms with Crippen molar-refractivity contribution in [3.8, 4) is 0 Å². The molecule has 0 amide bonds. The van der Waals surface area contributed by atoms with Crippen LogP contribution in [0, 0.1) is 0 Å². The van der Waals surface area contributed by atoms with Crippen LogP contribution in [0.4, 0.5) is 11.5 Å². The van der Waals surface area contributed by atoms with Gasteiger partial charge in [0.05, 0.1) is 0 Å². The molecule has 1 unspecified atom stereocenters. The maximum Gasteiger partial charge on any atom is 0.127 e. The van der Waals surface area contributed by atoms with Crippen molar-refractivity contribution in [1.82, 2.24) is 4.98 Å². The Bertz CT molecular complexity index is 357. The molecule has 0 aliphatic rings. The van der Waals surface area contributed by atoms with Gasteiger partial charge in [0, 0.05) is 53.3 Å². The Morgan fingerprint density at radius 1 is 1.29 bits per heavy atom. The Balaban J connectivity index is 2.40. The van der Waals surface area contributed by atoms with Crippen molar-refractivity contribution in [3.63, 3.8) is 0 Å². The van der Waals surface area contributed by atoms with E-state index in [0.29, 0.717) is 5.75 Å². The van der Waals surface area contributed by atoms with Gasteiger partial charge in [-0.15, -0.1) is 0 Å². The first-order chi connectivity index (χ1) is 8.26. The summed E-state index contributed by atoms with van der Waals surface area (Å²) in [5, 5.41) is 6.49. The molecule has 0 fully saturated rings. The minimum atomic E-state index is -0.705. The summed E-state index contributed by atoms with van der Waals surface area (Å²) in [4.78, 5) is 4.23. The maximum atomic E-state index is 11.3. The van der Waals surface area contributed by atoms with E-state index in [0.717, 1.165) is 36.8 Å². The topological polar surface area (TPSA) is 54.0 Å². The molecule has 0 aliphatic carbocycles. The maximum absolute atomic E-state index is 11.3. The van der Waals surface area contributed by atoms with E-state index in [4.69, 9.17) is 0 Å². The molecule has 5 heteroatoms. The van der Waals surface area contributed by atoms with Crippen molar-refractivity contribution >= 4 is 22.3 Å². The lowest BCUT2D eigenvalue weighted by Gasteiger charge is -2.08. The average Bonchev–Trinajstić information content (AvgIpc) is 2.36. The van der Waals surface area contributed by atoms with Crippen LogP contribution in [0.2, 0.25) is 0 Å². The van der Waals surface area contributed by atoms with E-state index >= 15 is 0 Å². The minimum Gasteiger partial charge on any atom is -0.384 e. The van der Waals surface area contributed by atoms with Crippen LogP contribution in [0.1, 0.15) is 20.3 Å². The zero-order chi connectivity index (χ0) is 12.5.